The zero-order chi connectivity index (χ0) is 8.39. The third-order valence-electron chi connectivity index (χ3n) is 1.91. The first kappa shape index (κ1) is 7.69. The second-order valence-corrected chi connectivity index (χ2v) is 3.22. The molecule has 2 heteroatoms. The average molecular weight is 181 g/mol. The molecule has 1 aliphatic heterocycles. The van der Waals surface area contributed by atoms with E-state index in [9.17, 15) is 0 Å². The Kier molecular flexibility index (Phi) is 2.05. The molecule has 1 nitrogen and oxygen atoms in total. The highest BCUT2D eigenvalue weighted by atomic mass is 35.5. The molecular weight excluding hydrogens is 172 g/mol. The van der Waals surface area contributed by atoms with E-state index in [-0.39, 0.29) is 6.10 Å². The van der Waals surface area contributed by atoms with Crippen LogP contribution in [0.1, 0.15) is 18.1 Å². The first-order valence-electron chi connectivity index (χ1n) is 3.92. The molecule has 12 heavy (non-hydrogen) atoms. The molecule has 1 atom stereocenters. The van der Waals surface area contributed by atoms with Crippen LogP contribution in [0.5, 0.6) is 0 Å². The predicted octanol–water partition coefficient (Wildman–Crippen LogP) is 3.32. The van der Waals surface area contributed by atoms with Crippen LogP contribution in [-0.4, -0.2) is 0 Å². The molecule has 0 spiro atoms. The molecule has 0 radical (unpaired) electrons. The van der Waals surface area contributed by atoms with Gasteiger partial charge in [0.25, 0.3) is 0 Å². The lowest BCUT2D eigenvalue weighted by Crippen LogP contribution is -1.94. The summed E-state index contributed by atoms with van der Waals surface area (Å²) >= 11 is 5.85. The summed E-state index contributed by atoms with van der Waals surface area (Å²) < 4.78 is 5.35. The Morgan fingerprint density at radius 2 is 2.33 bits per heavy atom. The molecule has 0 unspecified atom stereocenters. The highest BCUT2D eigenvalue weighted by Crippen LogP contribution is 2.27. The number of hydrogen-bond acceptors (Lipinski definition) is 1. The van der Waals surface area contributed by atoms with Gasteiger partial charge in [-0.15, -0.1) is 0 Å². The van der Waals surface area contributed by atoms with Crippen molar-refractivity contribution in [2.24, 2.45) is 0 Å². The lowest BCUT2D eigenvalue weighted by atomic mass is 10.1. The Bertz CT molecular complexity index is 298. The van der Waals surface area contributed by atoms with Crippen LogP contribution in [0, 0.1) is 0 Å². The van der Waals surface area contributed by atoms with Crippen LogP contribution >= 0.6 is 11.6 Å². The fourth-order valence-corrected chi connectivity index (χ4v) is 1.51. The van der Waals surface area contributed by atoms with Crippen LogP contribution in [-0.2, 0) is 4.74 Å². The minimum absolute atomic E-state index is 0.170. The Labute approximate surface area is 76.6 Å². The van der Waals surface area contributed by atoms with E-state index < -0.39 is 0 Å². The minimum Gasteiger partial charge on any atom is -0.493 e. The summed E-state index contributed by atoms with van der Waals surface area (Å²) in [5.41, 5.74) is 1.15. The maximum absolute atomic E-state index is 5.85. The van der Waals surface area contributed by atoms with Crippen LogP contribution in [0.15, 0.2) is 36.6 Å². The van der Waals surface area contributed by atoms with E-state index in [1.807, 2.05) is 30.3 Å². The van der Waals surface area contributed by atoms with Gasteiger partial charge in [0.05, 0.1) is 6.26 Å². The summed E-state index contributed by atoms with van der Waals surface area (Å²) in [5.74, 6) is 0. The molecule has 1 aromatic rings. The summed E-state index contributed by atoms with van der Waals surface area (Å²) in [5, 5.41) is 0.767. The SMILES string of the molecule is Clc1cccc([C@H]2CC=CO2)c1. The molecule has 1 aliphatic rings. The molecule has 1 heterocycles. The molecule has 1 aromatic carbocycles. The third-order valence-corrected chi connectivity index (χ3v) is 2.14. The Morgan fingerprint density at radius 3 is 3.00 bits per heavy atom. The van der Waals surface area contributed by atoms with Gasteiger partial charge in [-0.3, -0.25) is 0 Å². The molecule has 0 bridgehead atoms. The lowest BCUT2D eigenvalue weighted by Gasteiger charge is -2.09. The molecular formula is C10H9ClO. The summed E-state index contributed by atoms with van der Waals surface area (Å²) in [6.45, 7) is 0. The third kappa shape index (κ3) is 1.46. The van der Waals surface area contributed by atoms with E-state index in [1.54, 1.807) is 6.26 Å². The highest BCUT2D eigenvalue weighted by Gasteiger charge is 2.13. The molecule has 0 N–H and O–H groups in total. The van der Waals surface area contributed by atoms with E-state index in [4.69, 9.17) is 16.3 Å². The van der Waals surface area contributed by atoms with Crippen molar-refractivity contribution in [2.75, 3.05) is 0 Å². The van der Waals surface area contributed by atoms with E-state index >= 15 is 0 Å². The standard InChI is InChI=1S/C10H9ClO/c11-9-4-1-3-8(7-9)10-5-2-6-12-10/h1-4,6-7,10H,5H2/t10-/m1/s1. The summed E-state index contributed by atoms with van der Waals surface area (Å²) in [6.07, 6.45) is 4.88. The van der Waals surface area contributed by atoms with Gasteiger partial charge in [0.15, 0.2) is 0 Å². The van der Waals surface area contributed by atoms with Gasteiger partial charge in [-0.05, 0) is 23.8 Å². The number of benzene rings is 1. The summed E-state index contributed by atoms with van der Waals surface area (Å²) in [6, 6.07) is 7.79. The topological polar surface area (TPSA) is 9.23 Å². The van der Waals surface area contributed by atoms with Gasteiger partial charge in [0.1, 0.15) is 6.10 Å². The van der Waals surface area contributed by atoms with Crippen LogP contribution in [0.4, 0.5) is 0 Å². The van der Waals surface area contributed by atoms with Crippen molar-refractivity contribution < 1.29 is 4.74 Å². The molecule has 0 amide bonds. The zero-order valence-electron chi connectivity index (χ0n) is 6.53. The molecule has 0 fully saturated rings. The smallest absolute Gasteiger partial charge is 0.126 e. The molecule has 0 aromatic heterocycles. The zero-order valence-corrected chi connectivity index (χ0v) is 7.29. The number of hydrogen-bond donors (Lipinski definition) is 0. The highest BCUT2D eigenvalue weighted by molar-refractivity contribution is 6.30. The molecule has 0 aliphatic carbocycles. The summed E-state index contributed by atoms with van der Waals surface area (Å²) in [7, 11) is 0. The molecule has 2 rings (SSSR count). The van der Waals surface area contributed by atoms with E-state index in [0.717, 1.165) is 17.0 Å². The second-order valence-electron chi connectivity index (χ2n) is 2.79. The van der Waals surface area contributed by atoms with Gasteiger partial charge < -0.3 is 4.74 Å². The fourth-order valence-electron chi connectivity index (χ4n) is 1.31. The van der Waals surface area contributed by atoms with Crippen LogP contribution < -0.4 is 0 Å². The summed E-state index contributed by atoms with van der Waals surface area (Å²) in [4.78, 5) is 0. The van der Waals surface area contributed by atoms with E-state index in [1.165, 1.54) is 0 Å². The van der Waals surface area contributed by atoms with Crippen molar-refractivity contribution in [3.05, 3.63) is 47.2 Å². The number of halogens is 1. The monoisotopic (exact) mass is 180 g/mol. The predicted molar refractivity (Wildman–Crippen MR) is 49.0 cm³/mol. The minimum atomic E-state index is 0.170. The maximum Gasteiger partial charge on any atom is 0.126 e. The van der Waals surface area contributed by atoms with Crippen molar-refractivity contribution in [3.8, 4) is 0 Å². The maximum atomic E-state index is 5.85. The first-order valence-corrected chi connectivity index (χ1v) is 4.30. The van der Waals surface area contributed by atoms with Gasteiger partial charge in [-0.2, -0.15) is 0 Å². The quantitative estimate of drug-likeness (QED) is 0.644. The number of ether oxygens (including phenoxy) is 1. The van der Waals surface area contributed by atoms with E-state index in [0.29, 0.717) is 0 Å². The lowest BCUT2D eigenvalue weighted by molar-refractivity contribution is 0.173. The van der Waals surface area contributed by atoms with Crippen LogP contribution in [0.25, 0.3) is 0 Å². The van der Waals surface area contributed by atoms with Gasteiger partial charge in [0, 0.05) is 11.4 Å². The fraction of sp³-hybridized carbons (Fsp3) is 0.200. The van der Waals surface area contributed by atoms with Crippen molar-refractivity contribution in [2.45, 2.75) is 12.5 Å². The van der Waals surface area contributed by atoms with Crippen molar-refractivity contribution in [1.29, 1.82) is 0 Å². The second kappa shape index (κ2) is 3.20. The van der Waals surface area contributed by atoms with Crippen molar-refractivity contribution in [1.82, 2.24) is 0 Å². The van der Waals surface area contributed by atoms with Gasteiger partial charge in [-0.1, -0.05) is 23.7 Å². The Hall–Kier alpha value is -0.950. The molecule has 0 saturated carbocycles. The largest absolute Gasteiger partial charge is 0.493 e. The number of rotatable bonds is 1. The van der Waals surface area contributed by atoms with Gasteiger partial charge in [-0.25, -0.2) is 0 Å². The van der Waals surface area contributed by atoms with E-state index in [2.05, 4.69) is 0 Å². The van der Waals surface area contributed by atoms with Crippen LogP contribution in [0.3, 0.4) is 0 Å². The Balaban J connectivity index is 2.22. The molecule has 0 saturated heterocycles. The van der Waals surface area contributed by atoms with Crippen molar-refractivity contribution >= 4 is 11.6 Å². The first-order chi connectivity index (χ1) is 5.86. The Morgan fingerprint density at radius 1 is 1.42 bits per heavy atom. The van der Waals surface area contributed by atoms with Crippen molar-refractivity contribution in [3.63, 3.8) is 0 Å². The van der Waals surface area contributed by atoms with Gasteiger partial charge >= 0.3 is 0 Å². The normalized spacial score (nSPS) is 20.9. The molecule has 62 valence electrons. The van der Waals surface area contributed by atoms with Crippen LogP contribution in [0.2, 0.25) is 5.02 Å². The average Bonchev–Trinajstić information content (AvgIpc) is 2.56. The van der Waals surface area contributed by atoms with Gasteiger partial charge in [0.2, 0.25) is 0 Å².